The van der Waals surface area contributed by atoms with E-state index in [0.29, 0.717) is 23.7 Å². The van der Waals surface area contributed by atoms with Crippen LogP contribution in [-0.2, 0) is 6.54 Å². The maximum atomic E-state index is 12.9. The SMILES string of the molecule is Cc1ccn(C[C@@H](C)CNC(=O)c2cc(-c3ccccc3)nc3ncnn23)n1. The van der Waals surface area contributed by atoms with Crippen LogP contribution in [0.2, 0.25) is 0 Å². The summed E-state index contributed by atoms with van der Waals surface area (Å²) in [5, 5.41) is 11.5. The third kappa shape index (κ3) is 3.75. The molecule has 0 aliphatic rings. The molecule has 0 fully saturated rings. The standard InChI is InChI=1S/C20H21N7O/c1-14(12-26-9-8-15(2)25-26)11-21-19(28)18-10-17(16-6-4-3-5-7-16)24-20-22-13-23-27(18)20/h3-10,13-14H,11-12H2,1-2H3,(H,21,28)/t14-/m0/s1. The van der Waals surface area contributed by atoms with Gasteiger partial charge in [-0.25, -0.2) is 4.98 Å². The van der Waals surface area contributed by atoms with Gasteiger partial charge in [-0.1, -0.05) is 37.3 Å². The molecule has 0 saturated carbocycles. The number of aromatic nitrogens is 6. The molecule has 0 aliphatic heterocycles. The molecule has 1 aromatic carbocycles. The fraction of sp³-hybridized carbons (Fsp3) is 0.250. The molecule has 4 aromatic rings. The van der Waals surface area contributed by atoms with Gasteiger partial charge in [-0.3, -0.25) is 9.48 Å². The van der Waals surface area contributed by atoms with E-state index >= 15 is 0 Å². The summed E-state index contributed by atoms with van der Waals surface area (Å²) in [6.45, 7) is 5.29. The van der Waals surface area contributed by atoms with Crippen LogP contribution >= 0.6 is 0 Å². The molecule has 1 N–H and O–H groups in total. The monoisotopic (exact) mass is 375 g/mol. The molecule has 1 atom stereocenters. The number of aryl methyl sites for hydroxylation is 1. The van der Waals surface area contributed by atoms with E-state index in [1.807, 2.05) is 54.2 Å². The van der Waals surface area contributed by atoms with Crippen molar-refractivity contribution in [3.05, 3.63) is 66.4 Å². The smallest absolute Gasteiger partial charge is 0.270 e. The molecular weight excluding hydrogens is 354 g/mol. The van der Waals surface area contributed by atoms with E-state index in [9.17, 15) is 4.79 Å². The van der Waals surface area contributed by atoms with Crippen LogP contribution in [0.3, 0.4) is 0 Å². The maximum absolute atomic E-state index is 12.9. The van der Waals surface area contributed by atoms with Crippen molar-refractivity contribution in [2.75, 3.05) is 6.54 Å². The fourth-order valence-corrected chi connectivity index (χ4v) is 3.04. The van der Waals surface area contributed by atoms with Gasteiger partial charge in [0.25, 0.3) is 11.7 Å². The highest BCUT2D eigenvalue weighted by molar-refractivity contribution is 5.94. The van der Waals surface area contributed by atoms with Crippen LogP contribution in [0, 0.1) is 12.8 Å². The minimum Gasteiger partial charge on any atom is -0.350 e. The fourth-order valence-electron chi connectivity index (χ4n) is 3.04. The Kier molecular flexibility index (Phi) is 4.84. The number of carbonyl (C=O) groups excluding carboxylic acids is 1. The van der Waals surface area contributed by atoms with Gasteiger partial charge < -0.3 is 5.32 Å². The summed E-state index contributed by atoms with van der Waals surface area (Å²) in [4.78, 5) is 21.5. The molecule has 1 amide bonds. The quantitative estimate of drug-likeness (QED) is 0.559. The summed E-state index contributed by atoms with van der Waals surface area (Å²) >= 11 is 0. The van der Waals surface area contributed by atoms with Crippen molar-refractivity contribution in [2.24, 2.45) is 5.92 Å². The van der Waals surface area contributed by atoms with Crippen molar-refractivity contribution in [1.29, 1.82) is 0 Å². The Balaban J connectivity index is 1.52. The van der Waals surface area contributed by atoms with Crippen LogP contribution in [0.4, 0.5) is 0 Å². The predicted molar refractivity (Wildman–Crippen MR) is 105 cm³/mol. The molecule has 8 nitrogen and oxygen atoms in total. The molecule has 0 radical (unpaired) electrons. The first-order valence-electron chi connectivity index (χ1n) is 9.14. The Labute approximate surface area is 162 Å². The lowest BCUT2D eigenvalue weighted by molar-refractivity contribution is 0.0939. The third-order valence-corrected chi connectivity index (χ3v) is 4.44. The van der Waals surface area contributed by atoms with E-state index < -0.39 is 0 Å². The zero-order valence-corrected chi connectivity index (χ0v) is 15.8. The van der Waals surface area contributed by atoms with Crippen molar-refractivity contribution in [1.82, 2.24) is 34.7 Å². The number of fused-ring (bicyclic) bond motifs is 1. The largest absolute Gasteiger partial charge is 0.350 e. The molecule has 142 valence electrons. The van der Waals surface area contributed by atoms with Gasteiger partial charge in [0, 0.05) is 24.8 Å². The Bertz CT molecular complexity index is 1100. The van der Waals surface area contributed by atoms with Crippen LogP contribution in [0.15, 0.2) is 55.0 Å². The molecule has 8 heteroatoms. The maximum Gasteiger partial charge on any atom is 0.270 e. The summed E-state index contributed by atoms with van der Waals surface area (Å²) in [7, 11) is 0. The molecule has 0 saturated heterocycles. The van der Waals surface area contributed by atoms with E-state index in [1.165, 1.54) is 10.8 Å². The molecule has 3 heterocycles. The first-order chi connectivity index (χ1) is 13.6. The second-order valence-electron chi connectivity index (χ2n) is 6.86. The van der Waals surface area contributed by atoms with Crippen LogP contribution < -0.4 is 5.32 Å². The molecular formula is C20H21N7O. The molecule has 3 aromatic heterocycles. The highest BCUT2D eigenvalue weighted by Gasteiger charge is 2.16. The predicted octanol–water partition coefficient (Wildman–Crippen LogP) is 2.36. The third-order valence-electron chi connectivity index (χ3n) is 4.44. The summed E-state index contributed by atoms with van der Waals surface area (Å²) in [6.07, 6.45) is 3.35. The Morgan fingerprint density at radius 2 is 2.04 bits per heavy atom. The summed E-state index contributed by atoms with van der Waals surface area (Å²) in [5.74, 6) is 0.412. The minimum atomic E-state index is -0.210. The van der Waals surface area contributed by atoms with E-state index in [4.69, 9.17) is 0 Å². The average Bonchev–Trinajstić information content (AvgIpc) is 3.34. The van der Waals surface area contributed by atoms with Crippen molar-refractivity contribution in [2.45, 2.75) is 20.4 Å². The second-order valence-corrected chi connectivity index (χ2v) is 6.86. The Morgan fingerprint density at radius 1 is 1.21 bits per heavy atom. The molecule has 0 unspecified atom stereocenters. The zero-order valence-electron chi connectivity index (χ0n) is 15.8. The van der Waals surface area contributed by atoms with Crippen LogP contribution in [0.25, 0.3) is 17.0 Å². The molecule has 28 heavy (non-hydrogen) atoms. The number of hydrogen-bond acceptors (Lipinski definition) is 5. The number of hydrogen-bond donors (Lipinski definition) is 1. The number of benzene rings is 1. The van der Waals surface area contributed by atoms with Crippen molar-refractivity contribution in [3.8, 4) is 11.3 Å². The summed E-state index contributed by atoms with van der Waals surface area (Å²) in [5.41, 5.74) is 2.99. The lowest BCUT2D eigenvalue weighted by Crippen LogP contribution is -2.31. The van der Waals surface area contributed by atoms with E-state index in [0.717, 1.165) is 17.8 Å². The van der Waals surface area contributed by atoms with Gasteiger partial charge in [-0.15, -0.1) is 0 Å². The first kappa shape index (κ1) is 17.8. The second kappa shape index (κ2) is 7.59. The lowest BCUT2D eigenvalue weighted by Gasteiger charge is -2.13. The normalized spacial score (nSPS) is 12.2. The van der Waals surface area contributed by atoms with Gasteiger partial charge in [0.05, 0.1) is 11.4 Å². The van der Waals surface area contributed by atoms with Crippen molar-refractivity contribution < 1.29 is 4.79 Å². The van der Waals surface area contributed by atoms with Crippen LogP contribution in [0.1, 0.15) is 23.1 Å². The summed E-state index contributed by atoms with van der Waals surface area (Å²) < 4.78 is 3.35. The molecule has 0 spiro atoms. The number of rotatable bonds is 6. The van der Waals surface area contributed by atoms with Gasteiger partial charge >= 0.3 is 0 Å². The summed E-state index contributed by atoms with van der Waals surface area (Å²) in [6, 6.07) is 13.4. The number of carbonyl (C=O) groups is 1. The zero-order chi connectivity index (χ0) is 19.5. The highest BCUT2D eigenvalue weighted by atomic mass is 16.2. The number of nitrogens with one attached hydrogen (secondary N) is 1. The highest BCUT2D eigenvalue weighted by Crippen LogP contribution is 2.18. The van der Waals surface area contributed by atoms with E-state index in [2.05, 4.69) is 32.4 Å². The van der Waals surface area contributed by atoms with E-state index in [1.54, 1.807) is 6.07 Å². The van der Waals surface area contributed by atoms with Crippen molar-refractivity contribution in [3.63, 3.8) is 0 Å². The van der Waals surface area contributed by atoms with Gasteiger partial charge in [0.1, 0.15) is 12.0 Å². The van der Waals surface area contributed by atoms with E-state index in [-0.39, 0.29) is 11.8 Å². The van der Waals surface area contributed by atoms with Crippen molar-refractivity contribution >= 4 is 11.7 Å². The van der Waals surface area contributed by atoms with Gasteiger partial charge in [-0.2, -0.15) is 19.7 Å². The minimum absolute atomic E-state index is 0.210. The average molecular weight is 375 g/mol. The Hall–Kier alpha value is -3.55. The van der Waals surface area contributed by atoms with Gasteiger partial charge in [0.2, 0.25) is 0 Å². The van der Waals surface area contributed by atoms with Gasteiger partial charge in [0.15, 0.2) is 0 Å². The van der Waals surface area contributed by atoms with Crippen LogP contribution in [-0.4, -0.2) is 41.8 Å². The molecule has 4 rings (SSSR count). The Morgan fingerprint density at radius 3 is 2.79 bits per heavy atom. The number of amides is 1. The first-order valence-corrected chi connectivity index (χ1v) is 9.14. The topological polar surface area (TPSA) is 90.0 Å². The molecule has 0 aliphatic carbocycles. The van der Waals surface area contributed by atoms with Gasteiger partial charge in [-0.05, 0) is 25.0 Å². The number of nitrogens with zero attached hydrogens (tertiary/aromatic N) is 6. The van der Waals surface area contributed by atoms with Crippen LogP contribution in [0.5, 0.6) is 0 Å². The lowest BCUT2D eigenvalue weighted by atomic mass is 10.1. The molecule has 0 bridgehead atoms.